The van der Waals surface area contributed by atoms with Crippen LogP contribution in [-0.4, -0.2) is 23.7 Å². The van der Waals surface area contributed by atoms with Crippen LogP contribution in [0.15, 0.2) is 40.6 Å². The minimum absolute atomic E-state index is 0.0377. The number of carbonyl (C=O) groups is 1. The summed E-state index contributed by atoms with van der Waals surface area (Å²) in [4.78, 5) is 17.0. The Labute approximate surface area is 131 Å². The second-order valence-electron chi connectivity index (χ2n) is 6.35. The number of hydrogen-bond acceptors (Lipinski definition) is 4. The third kappa shape index (κ3) is 3.38. The van der Waals surface area contributed by atoms with Gasteiger partial charge in [-0.3, -0.25) is 4.79 Å². The number of benzene rings is 1. The first-order chi connectivity index (χ1) is 10.4. The van der Waals surface area contributed by atoms with Crippen LogP contribution in [0, 0.1) is 5.41 Å². The number of rotatable bonds is 4. The molecule has 0 unspecified atom stereocenters. The van der Waals surface area contributed by atoms with Crippen LogP contribution in [0.3, 0.4) is 0 Å². The fourth-order valence-electron chi connectivity index (χ4n) is 2.79. The van der Waals surface area contributed by atoms with E-state index in [0.717, 1.165) is 0 Å². The van der Waals surface area contributed by atoms with Crippen molar-refractivity contribution in [2.24, 2.45) is 10.4 Å². The maximum absolute atomic E-state index is 12.4. The van der Waals surface area contributed by atoms with Crippen LogP contribution in [0.1, 0.15) is 40.0 Å². The van der Waals surface area contributed by atoms with Gasteiger partial charge in [-0.25, -0.2) is 4.99 Å². The van der Waals surface area contributed by atoms with Crippen LogP contribution in [-0.2, 0) is 4.79 Å². The molecule has 1 aliphatic rings. The average Bonchev–Trinajstić information content (AvgIpc) is 2.44. The Morgan fingerprint density at radius 3 is 2.59 bits per heavy atom. The molecule has 1 aliphatic carbocycles. The van der Waals surface area contributed by atoms with Crippen LogP contribution in [0.4, 0.5) is 5.69 Å². The standard InChI is InChI=1S/C18H23NO3/c1-5-12(19-13-8-6-7-9-16(13)22-4)17-14(20)10-18(2,3)11-15(17)21/h6-9,20H,5,10-11H2,1-4H3. The smallest absolute Gasteiger partial charge is 0.168 e. The van der Waals surface area contributed by atoms with E-state index in [0.29, 0.717) is 42.0 Å². The predicted octanol–water partition coefficient (Wildman–Crippen LogP) is 4.38. The topological polar surface area (TPSA) is 58.9 Å². The molecular formula is C18H23NO3. The molecule has 1 aromatic rings. The fraction of sp³-hybridized carbons (Fsp3) is 0.444. The van der Waals surface area contributed by atoms with Crippen LogP contribution < -0.4 is 4.74 Å². The molecule has 0 heterocycles. The molecule has 1 aromatic carbocycles. The van der Waals surface area contributed by atoms with Gasteiger partial charge in [0.1, 0.15) is 17.2 Å². The van der Waals surface area contributed by atoms with Gasteiger partial charge in [-0.1, -0.05) is 32.9 Å². The van der Waals surface area contributed by atoms with Crippen molar-refractivity contribution in [3.8, 4) is 5.75 Å². The summed E-state index contributed by atoms with van der Waals surface area (Å²) in [7, 11) is 1.59. The fourth-order valence-corrected chi connectivity index (χ4v) is 2.79. The Bertz CT molecular complexity index is 641. The lowest BCUT2D eigenvalue weighted by atomic mass is 9.75. The third-order valence-electron chi connectivity index (χ3n) is 3.82. The molecular weight excluding hydrogens is 278 g/mol. The van der Waals surface area contributed by atoms with Crippen molar-refractivity contribution < 1.29 is 14.6 Å². The molecule has 0 saturated heterocycles. The van der Waals surface area contributed by atoms with Crippen LogP contribution in [0.25, 0.3) is 0 Å². The Morgan fingerprint density at radius 2 is 2.00 bits per heavy atom. The zero-order chi connectivity index (χ0) is 16.3. The number of aliphatic hydroxyl groups excluding tert-OH is 1. The highest BCUT2D eigenvalue weighted by molar-refractivity contribution is 6.23. The first-order valence-corrected chi connectivity index (χ1v) is 7.54. The minimum Gasteiger partial charge on any atom is -0.511 e. The summed E-state index contributed by atoms with van der Waals surface area (Å²) in [6, 6.07) is 7.40. The van der Waals surface area contributed by atoms with E-state index in [1.165, 1.54) is 0 Å². The summed E-state index contributed by atoms with van der Waals surface area (Å²) >= 11 is 0. The highest BCUT2D eigenvalue weighted by Crippen LogP contribution is 2.37. The van der Waals surface area contributed by atoms with Gasteiger partial charge in [-0.05, 0) is 24.0 Å². The molecule has 118 valence electrons. The molecule has 0 atom stereocenters. The number of hydrogen-bond donors (Lipinski definition) is 1. The van der Waals surface area contributed by atoms with Gasteiger partial charge in [-0.2, -0.15) is 0 Å². The number of para-hydroxylation sites is 2. The number of nitrogens with zero attached hydrogens (tertiary/aromatic N) is 1. The lowest BCUT2D eigenvalue weighted by molar-refractivity contribution is -0.117. The average molecular weight is 301 g/mol. The molecule has 0 fully saturated rings. The number of methoxy groups -OCH3 is 1. The Hall–Kier alpha value is -2.10. The van der Waals surface area contributed by atoms with Gasteiger partial charge >= 0.3 is 0 Å². The minimum atomic E-state index is -0.200. The SMILES string of the molecule is CCC(=Nc1ccccc1OC)C1=C(O)CC(C)(C)CC1=O. The maximum atomic E-state index is 12.4. The van der Waals surface area contributed by atoms with Crippen LogP contribution >= 0.6 is 0 Å². The molecule has 0 spiro atoms. The Balaban J connectivity index is 2.48. The van der Waals surface area contributed by atoms with Gasteiger partial charge in [0.2, 0.25) is 0 Å². The summed E-state index contributed by atoms with van der Waals surface area (Å²) in [5.41, 5.74) is 1.46. The molecule has 0 bridgehead atoms. The number of ketones is 1. The molecule has 0 aromatic heterocycles. The summed E-state index contributed by atoms with van der Waals surface area (Å²) < 4.78 is 5.29. The van der Waals surface area contributed by atoms with Crippen molar-refractivity contribution >= 4 is 17.2 Å². The Morgan fingerprint density at radius 1 is 1.32 bits per heavy atom. The number of allylic oxidation sites excluding steroid dienone is 2. The lowest BCUT2D eigenvalue weighted by Gasteiger charge is -2.29. The zero-order valence-corrected chi connectivity index (χ0v) is 13.6. The summed E-state index contributed by atoms with van der Waals surface area (Å²) in [5.74, 6) is 0.762. The number of carbonyl (C=O) groups excluding carboxylic acids is 1. The van der Waals surface area contributed by atoms with Crippen LogP contribution in [0.5, 0.6) is 5.75 Å². The molecule has 0 aliphatic heterocycles. The van der Waals surface area contributed by atoms with Crippen molar-refractivity contribution in [3.63, 3.8) is 0 Å². The molecule has 22 heavy (non-hydrogen) atoms. The van der Waals surface area contributed by atoms with Gasteiger partial charge in [0.15, 0.2) is 5.78 Å². The van der Waals surface area contributed by atoms with Crippen molar-refractivity contribution in [1.29, 1.82) is 0 Å². The van der Waals surface area contributed by atoms with E-state index < -0.39 is 0 Å². The van der Waals surface area contributed by atoms with Gasteiger partial charge in [0.25, 0.3) is 0 Å². The lowest BCUT2D eigenvalue weighted by Crippen LogP contribution is -2.29. The molecule has 0 amide bonds. The molecule has 1 N–H and O–H groups in total. The van der Waals surface area contributed by atoms with E-state index in [1.54, 1.807) is 7.11 Å². The van der Waals surface area contributed by atoms with Crippen molar-refractivity contribution in [2.45, 2.75) is 40.0 Å². The zero-order valence-electron chi connectivity index (χ0n) is 13.6. The van der Waals surface area contributed by atoms with Crippen LogP contribution in [0.2, 0.25) is 0 Å². The molecule has 2 rings (SSSR count). The summed E-state index contributed by atoms with van der Waals surface area (Å²) in [5, 5.41) is 10.3. The van der Waals surface area contributed by atoms with Gasteiger partial charge in [0, 0.05) is 12.8 Å². The first kappa shape index (κ1) is 16.3. The normalized spacial score (nSPS) is 18.5. The van der Waals surface area contributed by atoms with E-state index in [1.807, 2.05) is 45.0 Å². The van der Waals surface area contributed by atoms with E-state index >= 15 is 0 Å². The van der Waals surface area contributed by atoms with Gasteiger partial charge < -0.3 is 9.84 Å². The summed E-state index contributed by atoms with van der Waals surface area (Å²) in [6.45, 7) is 5.91. The quantitative estimate of drug-likeness (QED) is 0.840. The largest absolute Gasteiger partial charge is 0.511 e. The monoisotopic (exact) mass is 301 g/mol. The number of Topliss-reactive ketones (excluding diaryl/α,β-unsaturated/α-hetero) is 1. The van der Waals surface area contributed by atoms with Crippen molar-refractivity contribution in [3.05, 3.63) is 35.6 Å². The first-order valence-electron chi connectivity index (χ1n) is 7.54. The highest BCUT2D eigenvalue weighted by Gasteiger charge is 2.34. The van der Waals surface area contributed by atoms with E-state index in [9.17, 15) is 9.90 Å². The molecule has 0 saturated carbocycles. The van der Waals surface area contributed by atoms with Gasteiger partial charge in [0.05, 0.1) is 18.4 Å². The van der Waals surface area contributed by atoms with Crippen molar-refractivity contribution in [2.75, 3.05) is 7.11 Å². The Kier molecular flexibility index (Phi) is 4.69. The number of aliphatic imine (C=N–C) groups is 1. The second kappa shape index (κ2) is 6.34. The van der Waals surface area contributed by atoms with Crippen molar-refractivity contribution in [1.82, 2.24) is 0 Å². The maximum Gasteiger partial charge on any atom is 0.168 e. The summed E-state index contributed by atoms with van der Waals surface area (Å²) in [6.07, 6.45) is 1.50. The highest BCUT2D eigenvalue weighted by atomic mass is 16.5. The second-order valence-corrected chi connectivity index (χ2v) is 6.35. The van der Waals surface area contributed by atoms with E-state index in [2.05, 4.69) is 4.99 Å². The third-order valence-corrected chi connectivity index (χ3v) is 3.82. The molecule has 4 nitrogen and oxygen atoms in total. The van der Waals surface area contributed by atoms with E-state index in [4.69, 9.17) is 4.74 Å². The number of ether oxygens (including phenoxy) is 1. The predicted molar refractivity (Wildman–Crippen MR) is 88.1 cm³/mol. The van der Waals surface area contributed by atoms with E-state index in [-0.39, 0.29) is 17.0 Å². The van der Waals surface area contributed by atoms with Gasteiger partial charge in [-0.15, -0.1) is 0 Å². The molecule has 4 heteroatoms. The number of aliphatic hydroxyl groups is 1. The molecule has 0 radical (unpaired) electrons.